The molecule has 2 aromatic rings. The van der Waals surface area contributed by atoms with Gasteiger partial charge >= 0.3 is 0 Å². The first-order valence-corrected chi connectivity index (χ1v) is 9.45. The number of hydrogen-bond donors (Lipinski definition) is 2. The zero-order valence-corrected chi connectivity index (χ0v) is 15.4. The van der Waals surface area contributed by atoms with E-state index >= 15 is 0 Å². The van der Waals surface area contributed by atoms with Crippen molar-refractivity contribution in [2.45, 2.75) is 18.7 Å². The first-order valence-electron chi connectivity index (χ1n) is 8.01. The number of nitrogens with zero attached hydrogens (tertiary/aromatic N) is 1. The van der Waals surface area contributed by atoms with Gasteiger partial charge in [-0.15, -0.1) is 0 Å². The Balaban J connectivity index is 2.01. The van der Waals surface area contributed by atoms with Crippen LogP contribution in [0, 0.1) is 12.8 Å². The van der Waals surface area contributed by atoms with E-state index < -0.39 is 27.8 Å². The topological polar surface area (TPSA) is 95.6 Å². The van der Waals surface area contributed by atoms with E-state index in [1.165, 1.54) is 36.5 Å². The third kappa shape index (κ3) is 3.15. The maximum atomic E-state index is 13.0. The number of carbonyl (C=O) groups is 2. The van der Waals surface area contributed by atoms with Crippen molar-refractivity contribution < 1.29 is 18.0 Å². The number of carbonyl (C=O) groups excluding carboxylic acids is 2. The molecule has 1 atom stereocenters. The number of hydrogen-bond acceptors (Lipinski definition) is 4. The van der Waals surface area contributed by atoms with Crippen LogP contribution in [0.1, 0.15) is 12.5 Å². The largest absolute Gasteiger partial charge is 0.324 e. The van der Waals surface area contributed by atoms with Crippen molar-refractivity contribution in [1.82, 2.24) is 0 Å². The molecule has 1 heterocycles. The van der Waals surface area contributed by atoms with Crippen LogP contribution in [0.4, 0.5) is 17.1 Å². The van der Waals surface area contributed by atoms with Gasteiger partial charge in [0.05, 0.1) is 22.0 Å². The highest BCUT2D eigenvalue weighted by Gasteiger charge is 2.29. The lowest BCUT2D eigenvalue weighted by Gasteiger charge is -2.20. The molecule has 1 aliphatic heterocycles. The molecule has 0 aromatic heterocycles. The highest BCUT2D eigenvalue weighted by molar-refractivity contribution is 7.92. The van der Waals surface area contributed by atoms with Crippen LogP contribution in [-0.2, 0) is 19.6 Å². The third-order valence-electron chi connectivity index (χ3n) is 4.32. The molecule has 8 heteroatoms. The van der Waals surface area contributed by atoms with Gasteiger partial charge in [-0.3, -0.25) is 13.9 Å². The van der Waals surface area contributed by atoms with Crippen LogP contribution in [-0.4, -0.2) is 27.3 Å². The van der Waals surface area contributed by atoms with Crippen LogP contribution in [0.3, 0.4) is 0 Å². The standard InChI is InChI=1S/C18H19N3O4S/c1-11-5-4-6-13(9-11)21(3)26(24,25)14-7-8-15-16(10-14)20-18(23)12(2)17(22)19-15/h4-10,12H,1-3H3,(H,19,22)(H,20,23)/t12-/m0/s1. The van der Waals surface area contributed by atoms with Gasteiger partial charge in [0.2, 0.25) is 11.8 Å². The molecule has 7 nitrogen and oxygen atoms in total. The molecule has 3 rings (SSSR count). The Kier molecular flexibility index (Phi) is 4.45. The summed E-state index contributed by atoms with van der Waals surface area (Å²) in [6.07, 6.45) is 0. The molecule has 2 amide bonds. The Bertz CT molecular complexity index is 1000. The summed E-state index contributed by atoms with van der Waals surface area (Å²) in [6, 6.07) is 11.4. The molecule has 0 aliphatic carbocycles. The predicted molar refractivity (Wildman–Crippen MR) is 99.6 cm³/mol. The second-order valence-corrected chi connectivity index (χ2v) is 8.19. The smallest absolute Gasteiger partial charge is 0.264 e. The van der Waals surface area contributed by atoms with Gasteiger partial charge in [0.15, 0.2) is 0 Å². The fraction of sp³-hybridized carbons (Fsp3) is 0.222. The summed E-state index contributed by atoms with van der Waals surface area (Å²) in [5.74, 6) is -1.78. The van der Waals surface area contributed by atoms with Gasteiger partial charge in [0.1, 0.15) is 5.92 Å². The zero-order valence-electron chi connectivity index (χ0n) is 14.6. The van der Waals surface area contributed by atoms with Crippen LogP contribution in [0.2, 0.25) is 0 Å². The SMILES string of the molecule is Cc1cccc(N(C)S(=O)(=O)c2ccc3c(c2)NC(=O)[C@@H](C)C(=O)N3)c1. The Hall–Kier alpha value is -2.87. The molecule has 0 spiro atoms. The van der Waals surface area contributed by atoms with E-state index in [4.69, 9.17) is 0 Å². The van der Waals surface area contributed by atoms with Gasteiger partial charge < -0.3 is 10.6 Å². The normalized spacial score (nSPS) is 17.0. The molecule has 1 aliphatic rings. The Morgan fingerprint density at radius 3 is 2.27 bits per heavy atom. The van der Waals surface area contributed by atoms with Crippen molar-refractivity contribution in [3.63, 3.8) is 0 Å². The number of nitrogens with one attached hydrogen (secondary N) is 2. The van der Waals surface area contributed by atoms with E-state index in [1.807, 2.05) is 13.0 Å². The van der Waals surface area contributed by atoms with Gasteiger partial charge in [-0.2, -0.15) is 0 Å². The van der Waals surface area contributed by atoms with Gasteiger partial charge in [-0.05, 0) is 49.7 Å². The molecule has 136 valence electrons. The number of aryl methyl sites for hydroxylation is 1. The van der Waals surface area contributed by atoms with E-state index in [-0.39, 0.29) is 10.6 Å². The number of fused-ring (bicyclic) bond motifs is 1. The molecule has 2 N–H and O–H groups in total. The highest BCUT2D eigenvalue weighted by atomic mass is 32.2. The molecule has 26 heavy (non-hydrogen) atoms. The lowest BCUT2D eigenvalue weighted by Crippen LogP contribution is -2.28. The van der Waals surface area contributed by atoms with Crippen molar-refractivity contribution in [3.05, 3.63) is 48.0 Å². The van der Waals surface area contributed by atoms with E-state index in [9.17, 15) is 18.0 Å². The lowest BCUT2D eigenvalue weighted by atomic mass is 10.1. The average molecular weight is 373 g/mol. The summed E-state index contributed by atoms with van der Waals surface area (Å²) in [7, 11) is -2.36. The first-order chi connectivity index (χ1) is 12.2. The summed E-state index contributed by atoms with van der Waals surface area (Å²) in [6.45, 7) is 3.37. The Morgan fingerprint density at radius 1 is 0.962 bits per heavy atom. The second-order valence-electron chi connectivity index (χ2n) is 6.22. The van der Waals surface area contributed by atoms with Crippen LogP contribution in [0.15, 0.2) is 47.4 Å². The lowest BCUT2D eigenvalue weighted by molar-refractivity contribution is -0.128. The summed E-state index contributed by atoms with van der Waals surface area (Å²) < 4.78 is 27.1. The van der Waals surface area contributed by atoms with Crippen LogP contribution < -0.4 is 14.9 Å². The summed E-state index contributed by atoms with van der Waals surface area (Å²) in [4.78, 5) is 23.9. The minimum Gasteiger partial charge on any atom is -0.324 e. The van der Waals surface area contributed by atoms with Gasteiger partial charge in [-0.25, -0.2) is 8.42 Å². The maximum absolute atomic E-state index is 13.0. The minimum absolute atomic E-state index is 0.0179. The van der Waals surface area contributed by atoms with Gasteiger partial charge in [0.25, 0.3) is 10.0 Å². The number of rotatable bonds is 3. The number of amides is 2. The summed E-state index contributed by atoms with van der Waals surface area (Å²) >= 11 is 0. The van der Waals surface area contributed by atoms with E-state index in [1.54, 1.807) is 18.2 Å². The Morgan fingerprint density at radius 2 is 1.62 bits per heavy atom. The Labute approximate surface area is 152 Å². The van der Waals surface area contributed by atoms with Crippen LogP contribution >= 0.6 is 0 Å². The first kappa shape index (κ1) is 17.9. The minimum atomic E-state index is -3.83. The van der Waals surface area contributed by atoms with E-state index in [0.717, 1.165) is 5.56 Å². The molecule has 0 saturated carbocycles. The maximum Gasteiger partial charge on any atom is 0.264 e. The summed E-state index contributed by atoms with van der Waals surface area (Å²) in [5.41, 5.74) is 2.10. The van der Waals surface area contributed by atoms with Crippen molar-refractivity contribution in [2.75, 3.05) is 22.0 Å². The molecule has 0 fully saturated rings. The fourth-order valence-electron chi connectivity index (χ4n) is 2.62. The quantitative estimate of drug-likeness (QED) is 0.807. The molecule has 0 saturated heterocycles. The van der Waals surface area contributed by atoms with Gasteiger partial charge in [-0.1, -0.05) is 12.1 Å². The monoisotopic (exact) mass is 373 g/mol. The number of anilines is 3. The molecule has 0 radical (unpaired) electrons. The number of sulfonamides is 1. The van der Waals surface area contributed by atoms with Crippen molar-refractivity contribution in [1.29, 1.82) is 0 Å². The fourth-order valence-corrected chi connectivity index (χ4v) is 3.83. The van der Waals surface area contributed by atoms with Crippen molar-refractivity contribution in [3.8, 4) is 0 Å². The molecule has 0 bridgehead atoms. The van der Waals surface area contributed by atoms with Gasteiger partial charge in [0, 0.05) is 7.05 Å². The van der Waals surface area contributed by atoms with Crippen LogP contribution in [0.5, 0.6) is 0 Å². The van der Waals surface area contributed by atoms with E-state index in [2.05, 4.69) is 10.6 Å². The zero-order chi connectivity index (χ0) is 19.1. The van der Waals surface area contributed by atoms with Crippen LogP contribution in [0.25, 0.3) is 0 Å². The summed E-state index contributed by atoms with van der Waals surface area (Å²) in [5, 5.41) is 5.22. The third-order valence-corrected chi connectivity index (χ3v) is 6.10. The average Bonchev–Trinajstić information content (AvgIpc) is 2.71. The molecule has 2 aromatic carbocycles. The highest BCUT2D eigenvalue weighted by Crippen LogP contribution is 2.31. The molecular weight excluding hydrogens is 354 g/mol. The molecular formula is C18H19N3O4S. The number of benzene rings is 2. The van der Waals surface area contributed by atoms with Crippen molar-refractivity contribution in [2.24, 2.45) is 5.92 Å². The van der Waals surface area contributed by atoms with Crippen molar-refractivity contribution >= 4 is 38.9 Å². The van der Waals surface area contributed by atoms with E-state index in [0.29, 0.717) is 11.4 Å². The predicted octanol–water partition coefficient (Wildman–Crippen LogP) is 2.35. The second kappa shape index (κ2) is 6.45. The molecule has 0 unspecified atom stereocenters.